The number of aromatic nitrogens is 1. The number of piperidine rings is 1. The van der Waals surface area contributed by atoms with Crippen LogP contribution in [0.4, 0.5) is 0 Å². The quantitative estimate of drug-likeness (QED) is 0.827. The minimum absolute atomic E-state index is 0.0429. The molecule has 132 valence electrons. The molecule has 0 unspecified atom stereocenters. The van der Waals surface area contributed by atoms with E-state index in [2.05, 4.69) is 36.2 Å². The Morgan fingerprint density at radius 2 is 2.00 bits per heavy atom. The molecule has 1 aromatic heterocycles. The fourth-order valence-corrected chi connectivity index (χ4v) is 4.35. The molecule has 4 nitrogen and oxygen atoms in total. The first-order chi connectivity index (χ1) is 12.1. The van der Waals surface area contributed by atoms with Gasteiger partial charge in [-0.2, -0.15) is 0 Å². The van der Waals surface area contributed by atoms with Crippen LogP contribution in [-0.4, -0.2) is 41.2 Å². The van der Waals surface area contributed by atoms with Gasteiger partial charge in [-0.3, -0.25) is 9.78 Å². The number of carbonyl (C=O) groups is 1. The van der Waals surface area contributed by atoms with Crippen molar-refractivity contribution in [2.75, 3.05) is 20.2 Å². The highest BCUT2D eigenvalue weighted by Crippen LogP contribution is 2.31. The summed E-state index contributed by atoms with van der Waals surface area (Å²) < 4.78 is 5.31. The van der Waals surface area contributed by atoms with Gasteiger partial charge in [0, 0.05) is 28.9 Å². The summed E-state index contributed by atoms with van der Waals surface area (Å²) in [6.45, 7) is 5.58. The molecule has 0 spiro atoms. The van der Waals surface area contributed by atoms with Gasteiger partial charge in [0.25, 0.3) is 5.91 Å². The first-order valence-corrected chi connectivity index (χ1v) is 9.48. The summed E-state index contributed by atoms with van der Waals surface area (Å²) in [6, 6.07) is 10.4. The molecule has 3 rings (SSSR count). The van der Waals surface area contributed by atoms with Gasteiger partial charge >= 0.3 is 0 Å². The Morgan fingerprint density at radius 1 is 1.24 bits per heavy atom. The SMILES string of the molecule is COc1cnc(C)cc1C(=O)N1CCC(Sc2cccc(C)c2)CC1. The Kier molecular flexibility index (Phi) is 5.63. The van der Waals surface area contributed by atoms with Crippen molar-refractivity contribution in [3.63, 3.8) is 0 Å². The Labute approximate surface area is 153 Å². The minimum Gasteiger partial charge on any atom is -0.494 e. The lowest BCUT2D eigenvalue weighted by molar-refractivity contribution is 0.0723. The van der Waals surface area contributed by atoms with Crippen molar-refractivity contribution in [2.24, 2.45) is 0 Å². The number of nitrogens with zero attached hydrogens (tertiary/aromatic N) is 2. The monoisotopic (exact) mass is 356 g/mol. The van der Waals surface area contributed by atoms with Gasteiger partial charge in [0.2, 0.25) is 0 Å². The molecule has 1 aromatic carbocycles. The zero-order chi connectivity index (χ0) is 17.8. The van der Waals surface area contributed by atoms with Crippen molar-refractivity contribution in [2.45, 2.75) is 36.8 Å². The van der Waals surface area contributed by atoms with Gasteiger partial charge in [-0.15, -0.1) is 11.8 Å². The predicted octanol–water partition coefficient (Wildman–Crippen LogP) is 4.10. The molecule has 1 saturated heterocycles. The van der Waals surface area contributed by atoms with E-state index in [1.54, 1.807) is 13.3 Å². The number of aryl methyl sites for hydroxylation is 2. The molecule has 2 aromatic rings. The summed E-state index contributed by atoms with van der Waals surface area (Å²) in [4.78, 5) is 20.3. The van der Waals surface area contributed by atoms with Gasteiger partial charge in [-0.25, -0.2) is 0 Å². The topological polar surface area (TPSA) is 42.4 Å². The Bertz CT molecular complexity index is 755. The van der Waals surface area contributed by atoms with Crippen LogP contribution < -0.4 is 4.74 Å². The second-order valence-corrected chi connectivity index (χ2v) is 7.83. The van der Waals surface area contributed by atoms with E-state index in [0.717, 1.165) is 31.6 Å². The number of hydrogen-bond acceptors (Lipinski definition) is 4. The number of pyridine rings is 1. The largest absolute Gasteiger partial charge is 0.494 e. The predicted molar refractivity (Wildman–Crippen MR) is 101 cm³/mol. The van der Waals surface area contributed by atoms with Gasteiger partial charge in [-0.1, -0.05) is 17.7 Å². The zero-order valence-electron chi connectivity index (χ0n) is 15.0. The molecular weight excluding hydrogens is 332 g/mol. The van der Waals surface area contributed by atoms with E-state index in [9.17, 15) is 4.79 Å². The average Bonchev–Trinajstić information content (AvgIpc) is 2.62. The number of hydrogen-bond donors (Lipinski definition) is 0. The Hall–Kier alpha value is -2.01. The van der Waals surface area contributed by atoms with Gasteiger partial charge in [0.05, 0.1) is 18.9 Å². The molecule has 0 bridgehead atoms. The van der Waals surface area contributed by atoms with Crippen molar-refractivity contribution in [1.82, 2.24) is 9.88 Å². The van der Waals surface area contributed by atoms with Crippen molar-refractivity contribution >= 4 is 17.7 Å². The maximum Gasteiger partial charge on any atom is 0.257 e. The molecule has 1 fully saturated rings. The highest BCUT2D eigenvalue weighted by molar-refractivity contribution is 8.00. The molecule has 0 aliphatic carbocycles. The molecule has 1 aliphatic rings. The highest BCUT2D eigenvalue weighted by atomic mass is 32.2. The van der Waals surface area contributed by atoms with E-state index >= 15 is 0 Å². The van der Waals surface area contributed by atoms with E-state index in [4.69, 9.17) is 4.74 Å². The standard InChI is InChI=1S/C20H24N2O2S/c1-14-5-4-6-17(11-14)25-16-7-9-22(10-8-16)20(23)18-12-15(2)21-13-19(18)24-3/h4-6,11-13,16H,7-10H2,1-3H3. The Balaban J connectivity index is 1.62. The molecule has 1 aliphatic heterocycles. The molecule has 0 radical (unpaired) electrons. The Morgan fingerprint density at radius 3 is 2.68 bits per heavy atom. The van der Waals surface area contributed by atoms with E-state index < -0.39 is 0 Å². The second-order valence-electron chi connectivity index (χ2n) is 6.45. The number of ether oxygens (including phenoxy) is 1. The smallest absolute Gasteiger partial charge is 0.257 e. The van der Waals surface area contributed by atoms with Crippen LogP contribution in [0.3, 0.4) is 0 Å². The van der Waals surface area contributed by atoms with Crippen LogP contribution in [0.15, 0.2) is 41.4 Å². The van der Waals surface area contributed by atoms with Gasteiger partial charge in [0.1, 0.15) is 5.75 Å². The third kappa shape index (κ3) is 4.34. The van der Waals surface area contributed by atoms with Crippen LogP contribution in [-0.2, 0) is 0 Å². The van der Waals surface area contributed by atoms with E-state index in [0.29, 0.717) is 16.6 Å². The van der Waals surface area contributed by atoms with Crippen molar-refractivity contribution < 1.29 is 9.53 Å². The summed E-state index contributed by atoms with van der Waals surface area (Å²) >= 11 is 1.93. The summed E-state index contributed by atoms with van der Waals surface area (Å²) in [5.41, 5.74) is 2.73. The van der Waals surface area contributed by atoms with Crippen molar-refractivity contribution in [3.8, 4) is 5.75 Å². The minimum atomic E-state index is 0.0429. The number of carbonyl (C=O) groups excluding carboxylic acids is 1. The maximum absolute atomic E-state index is 12.9. The number of likely N-dealkylation sites (tertiary alicyclic amines) is 1. The fourth-order valence-electron chi connectivity index (χ4n) is 3.11. The van der Waals surface area contributed by atoms with Crippen LogP contribution in [0, 0.1) is 13.8 Å². The molecule has 0 N–H and O–H groups in total. The summed E-state index contributed by atoms with van der Waals surface area (Å²) in [5.74, 6) is 0.591. The number of methoxy groups -OCH3 is 1. The van der Waals surface area contributed by atoms with Crippen LogP contribution in [0.2, 0.25) is 0 Å². The molecule has 1 amide bonds. The normalized spacial score (nSPS) is 15.2. The maximum atomic E-state index is 12.9. The summed E-state index contributed by atoms with van der Waals surface area (Å²) in [7, 11) is 1.58. The third-order valence-electron chi connectivity index (χ3n) is 4.48. The van der Waals surface area contributed by atoms with Crippen LogP contribution in [0.1, 0.15) is 34.5 Å². The highest BCUT2D eigenvalue weighted by Gasteiger charge is 2.26. The third-order valence-corrected chi connectivity index (χ3v) is 5.81. The van der Waals surface area contributed by atoms with Crippen molar-refractivity contribution in [1.29, 1.82) is 0 Å². The summed E-state index contributed by atoms with van der Waals surface area (Å²) in [6.07, 6.45) is 3.65. The number of rotatable bonds is 4. The lowest BCUT2D eigenvalue weighted by Crippen LogP contribution is -2.39. The molecule has 5 heteroatoms. The van der Waals surface area contributed by atoms with Gasteiger partial charge in [0.15, 0.2) is 0 Å². The average molecular weight is 356 g/mol. The molecule has 25 heavy (non-hydrogen) atoms. The van der Waals surface area contributed by atoms with Crippen LogP contribution >= 0.6 is 11.8 Å². The fraction of sp³-hybridized carbons (Fsp3) is 0.400. The van der Waals surface area contributed by atoms with E-state index in [1.807, 2.05) is 29.7 Å². The molecular formula is C20H24N2O2S. The van der Waals surface area contributed by atoms with Crippen LogP contribution in [0.25, 0.3) is 0 Å². The van der Waals surface area contributed by atoms with Crippen LogP contribution in [0.5, 0.6) is 5.75 Å². The first kappa shape index (κ1) is 17.8. The lowest BCUT2D eigenvalue weighted by atomic mass is 10.1. The number of thioether (sulfide) groups is 1. The van der Waals surface area contributed by atoms with E-state index in [1.165, 1.54) is 10.5 Å². The first-order valence-electron chi connectivity index (χ1n) is 8.60. The van der Waals surface area contributed by atoms with Gasteiger partial charge in [-0.05, 0) is 44.9 Å². The zero-order valence-corrected chi connectivity index (χ0v) is 15.8. The lowest BCUT2D eigenvalue weighted by Gasteiger charge is -2.32. The molecule has 2 heterocycles. The second kappa shape index (κ2) is 7.91. The number of benzene rings is 1. The molecule has 0 saturated carbocycles. The molecule has 0 atom stereocenters. The summed E-state index contributed by atoms with van der Waals surface area (Å²) in [5, 5.41) is 0.562. The van der Waals surface area contributed by atoms with Crippen molar-refractivity contribution in [3.05, 3.63) is 53.3 Å². The number of amides is 1. The van der Waals surface area contributed by atoms with E-state index in [-0.39, 0.29) is 5.91 Å². The van der Waals surface area contributed by atoms with Gasteiger partial charge < -0.3 is 9.64 Å².